The molecule has 0 radical (unpaired) electrons. The Labute approximate surface area is 136 Å². The Morgan fingerprint density at radius 3 is 3.09 bits per heavy atom. The number of benzene rings is 1. The molecule has 1 N–H and O–H groups in total. The highest BCUT2D eigenvalue weighted by atomic mass is 16.5. The second-order valence-corrected chi connectivity index (χ2v) is 7.12. The first kappa shape index (κ1) is 14.6. The molecule has 1 aliphatic heterocycles. The second kappa shape index (κ2) is 5.29. The Hall–Kier alpha value is -1.97. The lowest BCUT2D eigenvalue weighted by Crippen LogP contribution is -2.62. The number of amides is 1. The van der Waals surface area contributed by atoms with E-state index >= 15 is 0 Å². The molecule has 4 nitrogen and oxygen atoms in total. The fourth-order valence-electron chi connectivity index (χ4n) is 5.36. The number of hydrogen-bond acceptors (Lipinski definition) is 3. The smallest absolute Gasteiger partial charge is 0.414 e. The number of hydrogen-bond donors (Lipinski definition) is 1. The van der Waals surface area contributed by atoms with E-state index in [0.717, 1.165) is 32.2 Å². The lowest BCUT2D eigenvalue weighted by molar-refractivity contribution is -0.00426. The summed E-state index contributed by atoms with van der Waals surface area (Å²) in [7, 11) is 0. The van der Waals surface area contributed by atoms with E-state index in [4.69, 9.17) is 4.74 Å². The van der Waals surface area contributed by atoms with Crippen molar-refractivity contribution in [3.8, 4) is 5.75 Å². The molecule has 4 heteroatoms. The molecular weight excluding hydrogens is 290 g/mol. The van der Waals surface area contributed by atoms with Crippen LogP contribution in [0.25, 0.3) is 0 Å². The van der Waals surface area contributed by atoms with Gasteiger partial charge in [-0.3, -0.25) is 0 Å². The molecule has 122 valence electrons. The Morgan fingerprint density at radius 2 is 2.26 bits per heavy atom. The van der Waals surface area contributed by atoms with Crippen LogP contribution in [0.2, 0.25) is 0 Å². The minimum atomic E-state index is -0.272. The predicted octanol–water partition coefficient (Wildman–Crippen LogP) is 3.73. The van der Waals surface area contributed by atoms with Gasteiger partial charge in [-0.2, -0.15) is 0 Å². The molecule has 1 saturated carbocycles. The van der Waals surface area contributed by atoms with Crippen molar-refractivity contribution in [2.24, 2.45) is 5.92 Å². The SMILES string of the molecule is C=COC(=O)N1CC[C@@]23CCCCC2[C@@H]1Cc1ccc(O)cc13. The van der Waals surface area contributed by atoms with Gasteiger partial charge in [-0.1, -0.05) is 25.5 Å². The van der Waals surface area contributed by atoms with Crippen LogP contribution in [0.4, 0.5) is 4.79 Å². The number of carbonyl (C=O) groups excluding carboxylic acids is 1. The fraction of sp³-hybridized carbons (Fsp3) is 0.526. The van der Waals surface area contributed by atoms with Gasteiger partial charge in [0.1, 0.15) is 5.75 Å². The van der Waals surface area contributed by atoms with Crippen molar-refractivity contribution in [1.82, 2.24) is 4.90 Å². The average molecular weight is 313 g/mol. The maximum atomic E-state index is 12.3. The summed E-state index contributed by atoms with van der Waals surface area (Å²) in [4.78, 5) is 14.2. The van der Waals surface area contributed by atoms with Crippen LogP contribution in [-0.2, 0) is 16.6 Å². The number of nitrogens with zero attached hydrogens (tertiary/aromatic N) is 1. The van der Waals surface area contributed by atoms with E-state index in [9.17, 15) is 9.90 Å². The van der Waals surface area contributed by atoms with E-state index in [2.05, 4.69) is 6.58 Å². The highest BCUT2D eigenvalue weighted by Crippen LogP contribution is 2.56. The van der Waals surface area contributed by atoms with E-state index in [0.29, 0.717) is 11.7 Å². The first-order valence-electron chi connectivity index (χ1n) is 8.56. The first-order valence-corrected chi connectivity index (χ1v) is 8.56. The van der Waals surface area contributed by atoms with E-state index < -0.39 is 0 Å². The lowest BCUT2D eigenvalue weighted by atomic mass is 9.52. The summed E-state index contributed by atoms with van der Waals surface area (Å²) in [5.41, 5.74) is 2.73. The van der Waals surface area contributed by atoms with E-state index in [1.165, 1.54) is 30.2 Å². The molecule has 4 rings (SSSR count). The lowest BCUT2D eigenvalue weighted by Gasteiger charge is -2.58. The largest absolute Gasteiger partial charge is 0.508 e. The van der Waals surface area contributed by atoms with E-state index in [-0.39, 0.29) is 17.6 Å². The second-order valence-electron chi connectivity index (χ2n) is 7.12. The third-order valence-electron chi connectivity index (χ3n) is 6.24. The van der Waals surface area contributed by atoms with Crippen molar-refractivity contribution in [3.63, 3.8) is 0 Å². The van der Waals surface area contributed by atoms with Crippen molar-refractivity contribution >= 4 is 6.09 Å². The summed E-state index contributed by atoms with van der Waals surface area (Å²) in [5.74, 6) is 0.825. The Kier molecular flexibility index (Phi) is 3.36. The van der Waals surface area contributed by atoms with Gasteiger partial charge in [0, 0.05) is 18.0 Å². The van der Waals surface area contributed by atoms with Crippen LogP contribution in [0, 0.1) is 5.92 Å². The summed E-state index contributed by atoms with van der Waals surface area (Å²) in [6.45, 7) is 4.23. The van der Waals surface area contributed by atoms with Gasteiger partial charge >= 0.3 is 6.09 Å². The zero-order valence-corrected chi connectivity index (χ0v) is 13.3. The van der Waals surface area contributed by atoms with Gasteiger partial charge in [-0.05, 0) is 54.9 Å². The van der Waals surface area contributed by atoms with Crippen molar-refractivity contribution in [3.05, 3.63) is 42.2 Å². The maximum Gasteiger partial charge on any atom is 0.414 e. The van der Waals surface area contributed by atoms with Gasteiger partial charge in [0.25, 0.3) is 0 Å². The number of fused-ring (bicyclic) bond motifs is 1. The monoisotopic (exact) mass is 313 g/mol. The van der Waals surface area contributed by atoms with E-state index in [1.807, 2.05) is 17.0 Å². The topological polar surface area (TPSA) is 49.8 Å². The first-order chi connectivity index (χ1) is 11.2. The van der Waals surface area contributed by atoms with Crippen LogP contribution in [0.3, 0.4) is 0 Å². The number of phenols is 1. The summed E-state index contributed by atoms with van der Waals surface area (Å²) >= 11 is 0. The van der Waals surface area contributed by atoms with Gasteiger partial charge in [0.05, 0.1) is 6.26 Å². The molecule has 1 aromatic rings. The summed E-state index contributed by atoms with van der Waals surface area (Å²) in [6, 6.07) is 5.98. The molecule has 0 aromatic heterocycles. The number of likely N-dealkylation sites (tertiary alicyclic amines) is 1. The summed E-state index contributed by atoms with van der Waals surface area (Å²) in [5, 5.41) is 9.99. The number of phenolic OH excluding ortho intramolecular Hbond substituents is 1. The zero-order valence-electron chi connectivity index (χ0n) is 13.3. The molecule has 1 aromatic carbocycles. The molecule has 0 spiro atoms. The number of ether oxygens (including phenoxy) is 1. The molecule has 1 unspecified atom stereocenters. The maximum absolute atomic E-state index is 12.3. The van der Waals surface area contributed by atoms with Crippen LogP contribution >= 0.6 is 0 Å². The standard InChI is InChI=1S/C19H23NO3/c1-2-23-18(22)20-10-9-19-8-4-3-5-15(19)17(20)11-13-6-7-14(21)12-16(13)19/h2,6-7,12,15,17,21H,1,3-5,8-11H2/t15?,17-,19-/m0/s1. The molecule has 23 heavy (non-hydrogen) atoms. The summed E-state index contributed by atoms with van der Waals surface area (Å²) in [6.07, 6.45) is 7.53. The molecule has 3 atom stereocenters. The third kappa shape index (κ3) is 2.07. The third-order valence-corrected chi connectivity index (χ3v) is 6.24. The van der Waals surface area contributed by atoms with E-state index in [1.54, 1.807) is 6.07 Å². The van der Waals surface area contributed by atoms with Crippen LogP contribution in [0.15, 0.2) is 31.0 Å². The van der Waals surface area contributed by atoms with Crippen molar-refractivity contribution in [1.29, 1.82) is 0 Å². The number of aromatic hydroxyl groups is 1. The van der Waals surface area contributed by atoms with Crippen molar-refractivity contribution in [2.45, 2.75) is 50.0 Å². The van der Waals surface area contributed by atoms with Crippen molar-refractivity contribution < 1.29 is 14.6 Å². The van der Waals surface area contributed by atoms with Crippen LogP contribution < -0.4 is 0 Å². The Balaban J connectivity index is 1.79. The molecule has 1 heterocycles. The van der Waals surface area contributed by atoms with Crippen LogP contribution in [-0.4, -0.2) is 28.7 Å². The Bertz CT molecular complexity index is 656. The summed E-state index contributed by atoms with van der Waals surface area (Å²) < 4.78 is 5.07. The fourth-order valence-corrected chi connectivity index (χ4v) is 5.36. The highest BCUT2D eigenvalue weighted by Gasteiger charge is 2.55. The molecular formula is C19H23NO3. The number of carbonyl (C=O) groups is 1. The van der Waals surface area contributed by atoms with Gasteiger partial charge in [-0.25, -0.2) is 4.79 Å². The molecule has 1 saturated heterocycles. The van der Waals surface area contributed by atoms with Crippen molar-refractivity contribution in [2.75, 3.05) is 6.54 Å². The van der Waals surface area contributed by atoms with Gasteiger partial charge in [0.15, 0.2) is 0 Å². The number of rotatable bonds is 1. The predicted molar refractivity (Wildman–Crippen MR) is 87.2 cm³/mol. The normalized spacial score (nSPS) is 31.7. The molecule has 2 bridgehead atoms. The number of piperidine rings is 1. The van der Waals surface area contributed by atoms with Gasteiger partial charge < -0.3 is 14.7 Å². The average Bonchev–Trinajstić information content (AvgIpc) is 2.56. The van der Waals surface area contributed by atoms with Gasteiger partial charge in [-0.15, -0.1) is 0 Å². The molecule has 3 aliphatic rings. The molecule has 1 amide bonds. The van der Waals surface area contributed by atoms with Gasteiger partial charge in [0.2, 0.25) is 0 Å². The zero-order chi connectivity index (χ0) is 16.0. The highest BCUT2D eigenvalue weighted by molar-refractivity contribution is 5.69. The molecule has 2 fully saturated rings. The molecule has 2 aliphatic carbocycles. The van der Waals surface area contributed by atoms with Crippen LogP contribution in [0.1, 0.15) is 43.2 Å². The quantitative estimate of drug-likeness (QED) is 0.804. The van der Waals surface area contributed by atoms with Crippen LogP contribution in [0.5, 0.6) is 5.75 Å². The minimum absolute atomic E-state index is 0.125. The Morgan fingerprint density at radius 1 is 1.39 bits per heavy atom. The minimum Gasteiger partial charge on any atom is -0.508 e.